The van der Waals surface area contributed by atoms with E-state index in [0.717, 1.165) is 48.1 Å². The van der Waals surface area contributed by atoms with E-state index >= 15 is 0 Å². The maximum absolute atomic E-state index is 12.8. The van der Waals surface area contributed by atoms with Crippen molar-refractivity contribution in [2.24, 2.45) is 17.8 Å². The summed E-state index contributed by atoms with van der Waals surface area (Å²) in [5, 5.41) is 21.5. The molecule has 4 heterocycles. The molecule has 26 heavy (non-hydrogen) atoms. The Hall–Kier alpha value is -2.01. The zero-order chi connectivity index (χ0) is 18.2. The fourth-order valence-corrected chi connectivity index (χ4v) is 6.48. The van der Waals surface area contributed by atoms with Gasteiger partial charge in [-0.05, 0) is 54.4 Å². The number of nitrogens with one attached hydrogen (secondary N) is 1. The summed E-state index contributed by atoms with van der Waals surface area (Å²) in [5.41, 5.74) is 2.06. The average Bonchev–Trinajstić information content (AvgIpc) is 2.94. The molecule has 2 saturated heterocycles. The predicted molar refractivity (Wildman–Crippen MR) is 99.4 cm³/mol. The Morgan fingerprint density at radius 2 is 2.23 bits per heavy atom. The van der Waals surface area contributed by atoms with Gasteiger partial charge in [-0.2, -0.15) is 0 Å². The summed E-state index contributed by atoms with van der Waals surface area (Å²) >= 11 is 0. The van der Waals surface area contributed by atoms with Gasteiger partial charge >= 0.3 is 5.97 Å². The van der Waals surface area contributed by atoms with E-state index in [9.17, 15) is 15.0 Å². The summed E-state index contributed by atoms with van der Waals surface area (Å²) in [6.45, 7) is 6.44. The zero-order valence-electron chi connectivity index (χ0n) is 15.3. The van der Waals surface area contributed by atoms with Crippen LogP contribution in [0, 0.1) is 17.8 Å². The number of hydrogen-bond donors (Lipinski definition) is 3. The smallest absolute Gasteiger partial charge is 0.317 e. The lowest BCUT2D eigenvalue weighted by molar-refractivity contribution is -0.163. The van der Waals surface area contributed by atoms with Crippen LogP contribution in [0.25, 0.3) is 10.9 Å². The third-order valence-electron chi connectivity index (χ3n) is 7.61. The van der Waals surface area contributed by atoms with Gasteiger partial charge in [-0.15, -0.1) is 0 Å². The highest BCUT2D eigenvalue weighted by molar-refractivity contribution is 5.91. The van der Waals surface area contributed by atoms with Gasteiger partial charge in [0.2, 0.25) is 0 Å². The molecule has 5 nitrogen and oxygen atoms in total. The molecule has 0 amide bonds. The highest BCUT2D eigenvalue weighted by Crippen LogP contribution is 2.57. The second-order valence-corrected chi connectivity index (χ2v) is 8.57. The molecule has 138 valence electrons. The van der Waals surface area contributed by atoms with E-state index < -0.39 is 11.4 Å². The highest BCUT2D eigenvalue weighted by atomic mass is 16.4. The van der Waals surface area contributed by atoms with E-state index in [1.807, 2.05) is 6.07 Å². The lowest BCUT2D eigenvalue weighted by atomic mass is 9.53. The van der Waals surface area contributed by atoms with Crippen LogP contribution in [-0.2, 0) is 16.6 Å². The molecule has 0 spiro atoms. The minimum atomic E-state index is -0.865. The maximum atomic E-state index is 12.8. The first-order valence-corrected chi connectivity index (χ1v) is 9.79. The van der Waals surface area contributed by atoms with E-state index in [2.05, 4.69) is 23.7 Å². The quantitative estimate of drug-likeness (QED) is 0.774. The van der Waals surface area contributed by atoms with Crippen molar-refractivity contribution < 1.29 is 15.0 Å². The molecule has 5 heteroatoms. The maximum Gasteiger partial charge on any atom is 0.317 e. The van der Waals surface area contributed by atoms with Crippen LogP contribution in [0.2, 0.25) is 0 Å². The number of rotatable bonds is 2. The summed E-state index contributed by atoms with van der Waals surface area (Å²) in [5.74, 6) is 0.944. The molecule has 1 aromatic carbocycles. The van der Waals surface area contributed by atoms with Gasteiger partial charge in [0.1, 0.15) is 11.2 Å². The van der Waals surface area contributed by atoms with Gasteiger partial charge in [0.25, 0.3) is 0 Å². The Labute approximate surface area is 153 Å². The number of aromatic nitrogens is 1. The molecular formula is C21H26N2O3. The SMILES string of the molecule is CCC1C2N3CCc4c([nH]c5ccc(O)cc45)[C@]2(C(=O)O)C[C@@H](C3)[C@@H]1C. The summed E-state index contributed by atoms with van der Waals surface area (Å²) < 4.78 is 0. The molecule has 1 aromatic heterocycles. The third kappa shape index (κ3) is 1.82. The lowest BCUT2D eigenvalue weighted by Crippen LogP contribution is -2.69. The number of nitrogens with zero attached hydrogens (tertiary/aromatic N) is 1. The fraction of sp³-hybridized carbons (Fsp3) is 0.571. The number of carbonyl (C=O) groups is 1. The highest BCUT2D eigenvalue weighted by Gasteiger charge is 2.64. The number of H-pyrrole nitrogens is 1. The van der Waals surface area contributed by atoms with Crippen LogP contribution in [0.4, 0.5) is 0 Å². The topological polar surface area (TPSA) is 76.6 Å². The van der Waals surface area contributed by atoms with E-state index in [0.29, 0.717) is 24.2 Å². The van der Waals surface area contributed by atoms with Crippen LogP contribution < -0.4 is 0 Å². The number of aliphatic carboxylic acids is 1. The Bertz CT molecular complexity index is 904. The number of piperidine rings is 2. The number of carboxylic acid groups (broad SMARTS) is 1. The van der Waals surface area contributed by atoms with Gasteiger partial charge in [0, 0.05) is 35.7 Å². The van der Waals surface area contributed by atoms with Gasteiger partial charge in [-0.1, -0.05) is 20.3 Å². The van der Waals surface area contributed by atoms with Crippen molar-refractivity contribution in [3.8, 4) is 5.75 Å². The fourth-order valence-electron chi connectivity index (χ4n) is 6.48. The summed E-state index contributed by atoms with van der Waals surface area (Å²) in [6, 6.07) is 5.37. The van der Waals surface area contributed by atoms with Crippen molar-refractivity contribution in [1.29, 1.82) is 0 Å². The molecule has 3 fully saturated rings. The van der Waals surface area contributed by atoms with Crippen LogP contribution in [0.5, 0.6) is 5.75 Å². The molecule has 2 aromatic rings. The van der Waals surface area contributed by atoms with Crippen molar-refractivity contribution >= 4 is 16.9 Å². The number of carboxylic acids is 1. The van der Waals surface area contributed by atoms with Crippen molar-refractivity contribution in [2.45, 2.75) is 44.6 Å². The molecule has 4 bridgehead atoms. The molecule has 3 N–H and O–H groups in total. The number of phenols is 1. The monoisotopic (exact) mass is 354 g/mol. The third-order valence-corrected chi connectivity index (χ3v) is 7.61. The number of aromatic hydroxyl groups is 1. The Balaban J connectivity index is 1.80. The average molecular weight is 354 g/mol. The van der Waals surface area contributed by atoms with Gasteiger partial charge < -0.3 is 15.2 Å². The van der Waals surface area contributed by atoms with Crippen molar-refractivity contribution in [1.82, 2.24) is 9.88 Å². The van der Waals surface area contributed by atoms with Gasteiger partial charge in [-0.3, -0.25) is 9.69 Å². The molecule has 0 radical (unpaired) electrons. The van der Waals surface area contributed by atoms with E-state index in [1.54, 1.807) is 12.1 Å². The van der Waals surface area contributed by atoms with Crippen molar-refractivity contribution in [3.05, 3.63) is 29.5 Å². The minimum absolute atomic E-state index is 0.0490. The van der Waals surface area contributed by atoms with Crippen LogP contribution in [0.3, 0.4) is 0 Å². The molecule has 3 aliphatic heterocycles. The molecule has 1 saturated carbocycles. The van der Waals surface area contributed by atoms with Crippen LogP contribution in [0.1, 0.15) is 37.9 Å². The first kappa shape index (κ1) is 16.2. The van der Waals surface area contributed by atoms with Crippen molar-refractivity contribution in [3.63, 3.8) is 0 Å². The summed E-state index contributed by atoms with van der Waals surface area (Å²) in [6.07, 6.45) is 2.57. The van der Waals surface area contributed by atoms with Gasteiger partial charge in [-0.25, -0.2) is 0 Å². The summed E-state index contributed by atoms with van der Waals surface area (Å²) in [4.78, 5) is 18.8. The number of fused-ring (bicyclic) bond motifs is 4. The number of benzene rings is 1. The molecule has 1 aliphatic carbocycles. The van der Waals surface area contributed by atoms with Gasteiger partial charge in [0.15, 0.2) is 0 Å². The molecule has 3 unspecified atom stereocenters. The van der Waals surface area contributed by atoms with Gasteiger partial charge in [0.05, 0.1) is 0 Å². The van der Waals surface area contributed by atoms with Crippen LogP contribution in [0.15, 0.2) is 18.2 Å². The Morgan fingerprint density at radius 1 is 1.42 bits per heavy atom. The largest absolute Gasteiger partial charge is 0.508 e. The molecule has 6 rings (SSSR count). The Kier molecular flexibility index (Phi) is 3.27. The van der Waals surface area contributed by atoms with E-state index in [4.69, 9.17) is 0 Å². The molecular weight excluding hydrogens is 328 g/mol. The zero-order valence-corrected chi connectivity index (χ0v) is 15.3. The predicted octanol–water partition coefficient (Wildman–Crippen LogP) is 3.12. The number of aromatic amines is 1. The Morgan fingerprint density at radius 3 is 2.96 bits per heavy atom. The van der Waals surface area contributed by atoms with E-state index in [1.165, 1.54) is 0 Å². The minimum Gasteiger partial charge on any atom is -0.508 e. The number of phenolic OH excluding ortho intramolecular Hbond substituents is 1. The van der Waals surface area contributed by atoms with E-state index in [-0.39, 0.29) is 11.8 Å². The van der Waals surface area contributed by atoms with Crippen LogP contribution >= 0.6 is 0 Å². The first-order chi connectivity index (χ1) is 12.5. The normalized spacial score (nSPS) is 38.2. The standard InChI is InChI=1S/C21H26N2O3/c1-3-14-11(2)12-9-21(20(25)26)18-15(6-7-23(10-12)19(14)21)16-8-13(24)4-5-17(16)22-18/h4-5,8,11-12,14,19,22,24H,3,6-7,9-10H2,1-2H3,(H,25,26)/t11-,12-,14?,19?,21+/m0/s1. The summed E-state index contributed by atoms with van der Waals surface area (Å²) in [7, 11) is 0. The number of hydrogen-bond acceptors (Lipinski definition) is 3. The van der Waals surface area contributed by atoms with Crippen LogP contribution in [-0.4, -0.2) is 45.2 Å². The van der Waals surface area contributed by atoms with Crippen molar-refractivity contribution in [2.75, 3.05) is 13.1 Å². The second kappa shape index (κ2) is 5.26. The first-order valence-electron chi connectivity index (χ1n) is 9.79. The lowest BCUT2D eigenvalue weighted by Gasteiger charge is -2.60. The molecule has 6 atom stereocenters. The molecule has 4 aliphatic rings. The second-order valence-electron chi connectivity index (χ2n) is 8.57.